The lowest BCUT2D eigenvalue weighted by molar-refractivity contribution is -0.129. The number of amides is 2. The summed E-state index contributed by atoms with van der Waals surface area (Å²) in [5.74, 6) is 1.12. The molecule has 6 nitrogen and oxygen atoms in total. The average Bonchev–Trinajstić information content (AvgIpc) is 2.85. The summed E-state index contributed by atoms with van der Waals surface area (Å²) in [4.78, 5) is 26.9. The molecule has 1 atom stereocenters. The fraction of sp³-hybridized carbons (Fsp3) is 0.583. The number of aromatic nitrogens is 1. The maximum atomic E-state index is 11.8. The topological polar surface area (TPSA) is 84.2 Å². The van der Waals surface area contributed by atoms with Gasteiger partial charge < -0.3 is 15.1 Å². The van der Waals surface area contributed by atoms with Gasteiger partial charge >= 0.3 is 0 Å². The monoisotopic (exact) mass is 251 g/mol. The Morgan fingerprint density at radius 3 is 3.11 bits per heavy atom. The molecule has 1 unspecified atom stereocenters. The van der Waals surface area contributed by atoms with E-state index in [2.05, 4.69) is 15.6 Å². The van der Waals surface area contributed by atoms with Crippen molar-refractivity contribution < 1.29 is 14.0 Å². The standard InChI is InChI=1S/C12H17N3O3/c1-2-9-6-14-11(18-9)7-15-12(17)8-3-4-10(16)13-5-8/h6,8H,2-5,7H2,1H3,(H,13,16)(H,15,17). The van der Waals surface area contributed by atoms with E-state index in [9.17, 15) is 9.59 Å². The van der Waals surface area contributed by atoms with Crippen molar-refractivity contribution in [3.63, 3.8) is 0 Å². The van der Waals surface area contributed by atoms with E-state index in [1.807, 2.05) is 6.92 Å². The number of rotatable bonds is 4. The van der Waals surface area contributed by atoms with Crippen molar-refractivity contribution in [1.82, 2.24) is 15.6 Å². The molecule has 2 rings (SSSR count). The van der Waals surface area contributed by atoms with Crippen LogP contribution >= 0.6 is 0 Å². The van der Waals surface area contributed by atoms with Crippen molar-refractivity contribution in [3.8, 4) is 0 Å². The highest BCUT2D eigenvalue weighted by Crippen LogP contribution is 2.11. The summed E-state index contributed by atoms with van der Waals surface area (Å²) < 4.78 is 5.39. The molecule has 1 aromatic rings. The molecule has 0 radical (unpaired) electrons. The zero-order chi connectivity index (χ0) is 13.0. The van der Waals surface area contributed by atoms with Crippen LogP contribution in [-0.4, -0.2) is 23.3 Å². The van der Waals surface area contributed by atoms with Crippen LogP contribution in [0, 0.1) is 5.92 Å². The minimum atomic E-state index is -0.150. The summed E-state index contributed by atoms with van der Waals surface area (Å²) in [6.45, 7) is 2.69. The minimum absolute atomic E-state index is 0.0133. The van der Waals surface area contributed by atoms with Crippen LogP contribution in [0.4, 0.5) is 0 Å². The molecule has 1 aromatic heterocycles. The Morgan fingerprint density at radius 1 is 1.67 bits per heavy atom. The highest BCUT2D eigenvalue weighted by molar-refractivity contribution is 5.83. The van der Waals surface area contributed by atoms with Crippen molar-refractivity contribution in [1.29, 1.82) is 0 Å². The Bertz CT molecular complexity index is 432. The summed E-state index contributed by atoms with van der Waals surface area (Å²) in [7, 11) is 0. The second-order valence-electron chi connectivity index (χ2n) is 4.33. The molecular formula is C12H17N3O3. The molecular weight excluding hydrogens is 234 g/mol. The first kappa shape index (κ1) is 12.6. The fourth-order valence-corrected chi connectivity index (χ4v) is 1.86. The van der Waals surface area contributed by atoms with Gasteiger partial charge in [-0.1, -0.05) is 6.92 Å². The van der Waals surface area contributed by atoms with Gasteiger partial charge in [-0.15, -0.1) is 0 Å². The lowest BCUT2D eigenvalue weighted by atomic mass is 9.98. The smallest absolute Gasteiger partial charge is 0.225 e. The van der Waals surface area contributed by atoms with Gasteiger partial charge in [0, 0.05) is 19.4 Å². The van der Waals surface area contributed by atoms with E-state index in [4.69, 9.17) is 4.42 Å². The third kappa shape index (κ3) is 3.09. The normalized spacial score (nSPS) is 19.4. The van der Waals surface area contributed by atoms with Crippen LogP contribution in [0.3, 0.4) is 0 Å². The lowest BCUT2D eigenvalue weighted by Crippen LogP contribution is -2.42. The van der Waals surface area contributed by atoms with Gasteiger partial charge in [-0.25, -0.2) is 4.98 Å². The van der Waals surface area contributed by atoms with Gasteiger partial charge in [0.1, 0.15) is 5.76 Å². The number of carbonyl (C=O) groups excluding carboxylic acids is 2. The summed E-state index contributed by atoms with van der Waals surface area (Å²) >= 11 is 0. The predicted octanol–water partition coefficient (Wildman–Crippen LogP) is 0.379. The molecule has 18 heavy (non-hydrogen) atoms. The van der Waals surface area contributed by atoms with Crippen molar-refractivity contribution in [2.45, 2.75) is 32.7 Å². The van der Waals surface area contributed by atoms with Crippen LogP contribution in [0.1, 0.15) is 31.4 Å². The number of aryl methyl sites for hydroxylation is 1. The van der Waals surface area contributed by atoms with E-state index in [1.165, 1.54) is 0 Å². The Balaban J connectivity index is 1.79. The van der Waals surface area contributed by atoms with E-state index in [-0.39, 0.29) is 17.7 Å². The Kier molecular flexibility index (Phi) is 3.96. The number of hydrogen-bond acceptors (Lipinski definition) is 4. The number of nitrogens with one attached hydrogen (secondary N) is 2. The van der Waals surface area contributed by atoms with Gasteiger partial charge in [0.05, 0.1) is 18.7 Å². The Hall–Kier alpha value is -1.85. The third-order valence-corrected chi connectivity index (χ3v) is 3.00. The van der Waals surface area contributed by atoms with Crippen LogP contribution in [0.25, 0.3) is 0 Å². The zero-order valence-electron chi connectivity index (χ0n) is 10.4. The maximum absolute atomic E-state index is 11.8. The molecule has 0 saturated carbocycles. The Morgan fingerprint density at radius 2 is 2.50 bits per heavy atom. The van der Waals surface area contributed by atoms with Crippen molar-refractivity contribution in [2.75, 3.05) is 6.54 Å². The molecule has 2 heterocycles. The number of hydrogen-bond donors (Lipinski definition) is 2. The van der Waals surface area contributed by atoms with E-state index >= 15 is 0 Å². The van der Waals surface area contributed by atoms with Crippen LogP contribution in [0.15, 0.2) is 10.6 Å². The molecule has 2 amide bonds. The predicted molar refractivity (Wildman–Crippen MR) is 63.5 cm³/mol. The van der Waals surface area contributed by atoms with Gasteiger partial charge in [-0.2, -0.15) is 0 Å². The highest BCUT2D eigenvalue weighted by Gasteiger charge is 2.24. The Labute approximate surface area is 105 Å². The quantitative estimate of drug-likeness (QED) is 0.810. The molecule has 1 aliphatic rings. The van der Waals surface area contributed by atoms with Crippen molar-refractivity contribution >= 4 is 11.8 Å². The molecule has 6 heteroatoms. The molecule has 0 aliphatic carbocycles. The van der Waals surface area contributed by atoms with E-state index in [0.717, 1.165) is 12.2 Å². The van der Waals surface area contributed by atoms with Gasteiger partial charge in [-0.3, -0.25) is 9.59 Å². The van der Waals surface area contributed by atoms with Crippen LogP contribution < -0.4 is 10.6 Å². The molecule has 1 saturated heterocycles. The first-order chi connectivity index (χ1) is 8.69. The third-order valence-electron chi connectivity index (χ3n) is 3.00. The molecule has 98 valence electrons. The first-order valence-electron chi connectivity index (χ1n) is 6.17. The summed E-state index contributed by atoms with van der Waals surface area (Å²) in [5, 5.41) is 5.46. The van der Waals surface area contributed by atoms with E-state index < -0.39 is 0 Å². The maximum Gasteiger partial charge on any atom is 0.225 e. The molecule has 0 aromatic carbocycles. The van der Waals surface area contributed by atoms with E-state index in [0.29, 0.717) is 31.8 Å². The number of piperidine rings is 1. The largest absolute Gasteiger partial charge is 0.444 e. The molecule has 2 N–H and O–H groups in total. The van der Waals surface area contributed by atoms with Crippen LogP contribution in [0.2, 0.25) is 0 Å². The summed E-state index contributed by atoms with van der Waals surface area (Å²) in [6, 6.07) is 0. The van der Waals surface area contributed by atoms with Gasteiger partial charge in [0.15, 0.2) is 0 Å². The summed E-state index contributed by atoms with van der Waals surface area (Å²) in [5.41, 5.74) is 0. The average molecular weight is 251 g/mol. The molecule has 1 aliphatic heterocycles. The first-order valence-corrected chi connectivity index (χ1v) is 6.17. The zero-order valence-corrected chi connectivity index (χ0v) is 10.4. The minimum Gasteiger partial charge on any atom is -0.444 e. The van der Waals surface area contributed by atoms with E-state index in [1.54, 1.807) is 6.20 Å². The highest BCUT2D eigenvalue weighted by atomic mass is 16.4. The van der Waals surface area contributed by atoms with Crippen molar-refractivity contribution in [3.05, 3.63) is 17.8 Å². The lowest BCUT2D eigenvalue weighted by Gasteiger charge is -2.21. The van der Waals surface area contributed by atoms with Crippen LogP contribution in [-0.2, 0) is 22.6 Å². The molecule has 0 bridgehead atoms. The fourth-order valence-electron chi connectivity index (χ4n) is 1.86. The molecule has 1 fully saturated rings. The molecule has 0 spiro atoms. The van der Waals surface area contributed by atoms with Gasteiger partial charge in [-0.05, 0) is 6.42 Å². The summed E-state index contributed by atoms with van der Waals surface area (Å²) in [6.07, 6.45) is 3.47. The van der Waals surface area contributed by atoms with Gasteiger partial charge in [0.2, 0.25) is 17.7 Å². The second-order valence-corrected chi connectivity index (χ2v) is 4.33. The number of carbonyl (C=O) groups is 2. The van der Waals surface area contributed by atoms with Crippen molar-refractivity contribution in [2.24, 2.45) is 5.92 Å². The number of nitrogens with zero attached hydrogens (tertiary/aromatic N) is 1. The van der Waals surface area contributed by atoms with Crippen LogP contribution in [0.5, 0.6) is 0 Å². The SMILES string of the molecule is CCc1cnc(CNC(=O)C2CCC(=O)NC2)o1. The van der Waals surface area contributed by atoms with Gasteiger partial charge in [0.25, 0.3) is 0 Å². The second kappa shape index (κ2) is 5.66. The number of oxazole rings is 1.